The number of anilines is 2. The van der Waals surface area contributed by atoms with Gasteiger partial charge in [-0.25, -0.2) is 4.79 Å². The average molecular weight is 494 g/mol. The van der Waals surface area contributed by atoms with Gasteiger partial charge in [-0.3, -0.25) is 14.4 Å². The van der Waals surface area contributed by atoms with Crippen molar-refractivity contribution in [2.75, 3.05) is 23.8 Å². The molecule has 8 nitrogen and oxygen atoms in total. The summed E-state index contributed by atoms with van der Waals surface area (Å²) in [6.45, 7) is 1.64. The van der Waals surface area contributed by atoms with Gasteiger partial charge in [-0.15, -0.1) is 0 Å². The van der Waals surface area contributed by atoms with Crippen LogP contribution in [0.15, 0.2) is 48.5 Å². The van der Waals surface area contributed by atoms with Crippen molar-refractivity contribution in [2.24, 2.45) is 0 Å². The maximum absolute atomic E-state index is 12.7. The number of nitrogens with one attached hydrogen (secondary N) is 2. The quantitative estimate of drug-likeness (QED) is 0.443. The number of alkyl halides is 3. The van der Waals surface area contributed by atoms with E-state index in [0.29, 0.717) is 24.3 Å². The van der Waals surface area contributed by atoms with Gasteiger partial charge in [-0.2, -0.15) is 13.2 Å². The minimum Gasteiger partial charge on any atom is -0.462 e. The van der Waals surface area contributed by atoms with E-state index in [2.05, 4.69) is 10.6 Å². The number of esters is 2. The fourth-order valence-corrected chi connectivity index (χ4v) is 2.77. The first-order valence-electron chi connectivity index (χ1n) is 10.8. The molecule has 0 radical (unpaired) electrons. The van der Waals surface area contributed by atoms with Crippen LogP contribution in [0.4, 0.5) is 24.5 Å². The molecule has 2 N–H and O–H groups in total. The lowest BCUT2D eigenvalue weighted by Gasteiger charge is -2.10. The van der Waals surface area contributed by atoms with E-state index in [4.69, 9.17) is 9.47 Å². The molecule has 0 spiro atoms. The minimum absolute atomic E-state index is 0.00467. The summed E-state index contributed by atoms with van der Waals surface area (Å²) in [5, 5.41) is 4.85. The lowest BCUT2D eigenvalue weighted by atomic mass is 10.2. The number of halogens is 3. The van der Waals surface area contributed by atoms with Crippen LogP contribution in [0.5, 0.6) is 0 Å². The van der Waals surface area contributed by atoms with Crippen molar-refractivity contribution in [3.05, 3.63) is 59.7 Å². The van der Waals surface area contributed by atoms with E-state index in [1.165, 1.54) is 36.4 Å². The molecule has 0 aliphatic heterocycles. The van der Waals surface area contributed by atoms with Crippen LogP contribution < -0.4 is 10.6 Å². The summed E-state index contributed by atoms with van der Waals surface area (Å²) in [5.74, 6) is -2.33. The topological polar surface area (TPSA) is 111 Å². The molecule has 0 aliphatic rings. The Balaban J connectivity index is 1.67. The maximum Gasteiger partial charge on any atom is 0.416 e. The molecule has 0 bridgehead atoms. The van der Waals surface area contributed by atoms with E-state index in [0.717, 1.165) is 12.1 Å². The third-order valence-corrected chi connectivity index (χ3v) is 4.46. The summed E-state index contributed by atoms with van der Waals surface area (Å²) >= 11 is 0. The third-order valence-electron chi connectivity index (χ3n) is 4.46. The van der Waals surface area contributed by atoms with Gasteiger partial charge in [0.1, 0.15) is 0 Å². The second kappa shape index (κ2) is 13.1. The Morgan fingerprint density at radius 3 is 2.20 bits per heavy atom. The molecule has 0 atom stereocenters. The molecule has 0 unspecified atom stereocenters. The van der Waals surface area contributed by atoms with Gasteiger partial charge in [-0.1, -0.05) is 13.0 Å². The van der Waals surface area contributed by atoms with E-state index in [1.807, 2.05) is 6.92 Å². The maximum atomic E-state index is 12.7. The van der Waals surface area contributed by atoms with Crippen molar-refractivity contribution in [2.45, 2.75) is 38.8 Å². The molecule has 0 aromatic heterocycles. The molecule has 0 aliphatic carbocycles. The van der Waals surface area contributed by atoms with Gasteiger partial charge in [-0.05, 0) is 55.3 Å². The summed E-state index contributed by atoms with van der Waals surface area (Å²) in [7, 11) is 0. The molecule has 188 valence electrons. The summed E-state index contributed by atoms with van der Waals surface area (Å²) < 4.78 is 48.0. The number of rotatable bonds is 11. The minimum atomic E-state index is -4.53. The Hall–Kier alpha value is -3.89. The first-order valence-corrected chi connectivity index (χ1v) is 10.8. The zero-order valence-electron chi connectivity index (χ0n) is 18.9. The molecule has 2 rings (SSSR count). The van der Waals surface area contributed by atoms with E-state index in [-0.39, 0.29) is 24.9 Å². The molecule has 2 amide bonds. The van der Waals surface area contributed by atoms with Gasteiger partial charge in [0.2, 0.25) is 5.91 Å². The van der Waals surface area contributed by atoms with Crippen LogP contribution >= 0.6 is 0 Å². The number of carbonyl (C=O) groups excluding carboxylic acids is 4. The highest BCUT2D eigenvalue weighted by molar-refractivity contribution is 5.94. The number of ether oxygens (including phenoxy) is 2. The standard InChI is InChI=1S/C24H25F3N2O6/c1-2-13-34-23(33)16-9-11-18(12-10-16)28-21(31)15-35-22(32)8-4-7-20(30)29-19-6-3-5-17(14-19)24(25,26)27/h3,5-6,9-12,14H,2,4,7-8,13,15H2,1H3,(H,28,31)(H,29,30). The van der Waals surface area contributed by atoms with E-state index in [9.17, 15) is 32.3 Å². The molecule has 2 aromatic carbocycles. The van der Waals surface area contributed by atoms with Gasteiger partial charge < -0.3 is 20.1 Å². The summed E-state index contributed by atoms with van der Waals surface area (Å²) in [6.07, 6.45) is -4.02. The fourth-order valence-electron chi connectivity index (χ4n) is 2.77. The number of benzene rings is 2. The monoisotopic (exact) mass is 494 g/mol. The van der Waals surface area contributed by atoms with Crippen LogP contribution in [0.25, 0.3) is 0 Å². The summed E-state index contributed by atoms with van der Waals surface area (Å²) in [4.78, 5) is 47.4. The second-order valence-electron chi connectivity index (χ2n) is 7.40. The van der Waals surface area contributed by atoms with Gasteiger partial charge >= 0.3 is 18.1 Å². The Morgan fingerprint density at radius 2 is 1.54 bits per heavy atom. The Morgan fingerprint density at radius 1 is 0.857 bits per heavy atom. The van der Waals surface area contributed by atoms with Crippen LogP contribution in [-0.4, -0.2) is 37.0 Å². The summed E-state index contributed by atoms with van der Waals surface area (Å²) in [5.41, 5.74) is -0.165. The number of hydrogen-bond donors (Lipinski definition) is 2. The Kier molecular flexibility index (Phi) is 10.2. The highest BCUT2D eigenvalue weighted by Crippen LogP contribution is 2.30. The molecular formula is C24H25F3N2O6. The lowest BCUT2D eigenvalue weighted by Crippen LogP contribution is -2.21. The zero-order chi connectivity index (χ0) is 25.8. The Labute approximate surface area is 199 Å². The Bertz CT molecular complexity index is 1040. The molecule has 0 saturated carbocycles. The van der Waals surface area contributed by atoms with E-state index in [1.54, 1.807) is 0 Å². The van der Waals surface area contributed by atoms with Crippen LogP contribution in [0, 0.1) is 0 Å². The molecule has 0 heterocycles. The SMILES string of the molecule is CCCOC(=O)c1ccc(NC(=O)COC(=O)CCCC(=O)Nc2cccc(C(F)(F)F)c2)cc1. The van der Waals surface area contributed by atoms with Gasteiger partial charge in [0.05, 0.1) is 17.7 Å². The average Bonchev–Trinajstić information content (AvgIpc) is 2.81. The predicted octanol–water partition coefficient (Wildman–Crippen LogP) is 4.56. The van der Waals surface area contributed by atoms with Crippen molar-refractivity contribution >= 4 is 35.1 Å². The van der Waals surface area contributed by atoms with E-state index < -0.39 is 42.1 Å². The zero-order valence-corrected chi connectivity index (χ0v) is 18.9. The van der Waals surface area contributed by atoms with Crippen molar-refractivity contribution in [3.8, 4) is 0 Å². The number of amides is 2. The highest BCUT2D eigenvalue weighted by Gasteiger charge is 2.30. The number of carbonyl (C=O) groups is 4. The van der Waals surface area contributed by atoms with Crippen molar-refractivity contribution in [3.63, 3.8) is 0 Å². The third kappa shape index (κ3) is 9.86. The van der Waals surface area contributed by atoms with Crippen LogP contribution in [0.2, 0.25) is 0 Å². The largest absolute Gasteiger partial charge is 0.462 e. The lowest BCUT2D eigenvalue weighted by molar-refractivity contribution is -0.147. The van der Waals surface area contributed by atoms with Crippen LogP contribution in [0.1, 0.15) is 48.5 Å². The molecule has 35 heavy (non-hydrogen) atoms. The van der Waals surface area contributed by atoms with Gasteiger partial charge in [0.25, 0.3) is 5.91 Å². The fraction of sp³-hybridized carbons (Fsp3) is 0.333. The molecule has 0 fully saturated rings. The first-order chi connectivity index (χ1) is 16.6. The number of hydrogen-bond acceptors (Lipinski definition) is 6. The molecule has 2 aromatic rings. The normalized spacial score (nSPS) is 10.9. The predicted molar refractivity (Wildman–Crippen MR) is 121 cm³/mol. The van der Waals surface area contributed by atoms with Crippen molar-refractivity contribution in [1.82, 2.24) is 0 Å². The van der Waals surface area contributed by atoms with Gasteiger partial charge in [0.15, 0.2) is 6.61 Å². The second-order valence-corrected chi connectivity index (χ2v) is 7.40. The van der Waals surface area contributed by atoms with Crippen LogP contribution in [0.3, 0.4) is 0 Å². The van der Waals surface area contributed by atoms with Crippen LogP contribution in [-0.2, 0) is 30.0 Å². The smallest absolute Gasteiger partial charge is 0.416 e. The van der Waals surface area contributed by atoms with Gasteiger partial charge in [0, 0.05) is 24.2 Å². The van der Waals surface area contributed by atoms with Crippen molar-refractivity contribution < 1.29 is 41.8 Å². The molecular weight excluding hydrogens is 469 g/mol. The highest BCUT2D eigenvalue weighted by atomic mass is 19.4. The van der Waals surface area contributed by atoms with Crippen molar-refractivity contribution in [1.29, 1.82) is 0 Å². The first kappa shape index (κ1) is 27.4. The summed E-state index contributed by atoms with van der Waals surface area (Å²) in [6, 6.07) is 10.2. The molecule has 0 saturated heterocycles. The van der Waals surface area contributed by atoms with E-state index >= 15 is 0 Å². The molecule has 11 heteroatoms.